The van der Waals surface area contributed by atoms with Crippen LogP contribution >= 0.6 is 12.4 Å². The molecule has 0 radical (unpaired) electrons. The number of halogens is 1. The highest BCUT2D eigenvalue weighted by Gasteiger charge is 2.19. The number of hydrogen-bond donors (Lipinski definition) is 1. The van der Waals surface area contributed by atoms with E-state index in [9.17, 15) is 9.59 Å². The van der Waals surface area contributed by atoms with Crippen molar-refractivity contribution in [1.29, 1.82) is 0 Å². The fraction of sp³-hybridized carbons (Fsp3) is 0.318. The molecule has 0 spiro atoms. The molecule has 0 atom stereocenters. The van der Waals surface area contributed by atoms with Crippen LogP contribution in [0, 0.1) is 0 Å². The highest BCUT2D eigenvalue weighted by molar-refractivity contribution is 5.89. The van der Waals surface area contributed by atoms with Gasteiger partial charge in [-0.15, -0.1) is 12.4 Å². The number of carbonyl (C=O) groups excluding carboxylic acids is 2. The summed E-state index contributed by atoms with van der Waals surface area (Å²) in [7, 11) is 1.74. The first-order chi connectivity index (χ1) is 13.6. The van der Waals surface area contributed by atoms with Crippen LogP contribution in [0.5, 0.6) is 0 Å². The number of urea groups is 1. The minimum absolute atomic E-state index is 0. The van der Waals surface area contributed by atoms with Crippen molar-refractivity contribution >= 4 is 42.2 Å². The maximum Gasteiger partial charge on any atom is 0.321 e. The van der Waals surface area contributed by atoms with Crippen molar-refractivity contribution in [2.45, 2.75) is 19.3 Å². The Hall–Kier alpha value is -2.86. The van der Waals surface area contributed by atoms with Crippen LogP contribution in [-0.2, 0) is 4.79 Å². The van der Waals surface area contributed by atoms with E-state index in [-0.39, 0.29) is 24.3 Å². The van der Waals surface area contributed by atoms with Gasteiger partial charge in [0.1, 0.15) is 0 Å². The third-order valence-electron chi connectivity index (χ3n) is 4.75. The summed E-state index contributed by atoms with van der Waals surface area (Å²) in [6.07, 6.45) is 8.28. The first-order valence-corrected chi connectivity index (χ1v) is 9.61. The van der Waals surface area contributed by atoms with Crippen LogP contribution in [0.25, 0.3) is 12.2 Å². The van der Waals surface area contributed by atoms with Crippen LogP contribution < -0.4 is 5.32 Å². The number of nitrogens with zero attached hydrogens (tertiary/aromatic N) is 3. The summed E-state index contributed by atoms with van der Waals surface area (Å²) >= 11 is 0. The molecule has 1 aromatic carbocycles. The summed E-state index contributed by atoms with van der Waals surface area (Å²) in [5.74, 6) is 0.187. The summed E-state index contributed by atoms with van der Waals surface area (Å²) in [6, 6.07) is 13.2. The van der Waals surface area contributed by atoms with Crippen molar-refractivity contribution in [2.75, 3.05) is 32.0 Å². The molecule has 2 aromatic rings. The van der Waals surface area contributed by atoms with Crippen molar-refractivity contribution in [2.24, 2.45) is 0 Å². The third-order valence-corrected chi connectivity index (χ3v) is 4.75. The van der Waals surface area contributed by atoms with Crippen molar-refractivity contribution in [3.05, 3.63) is 59.9 Å². The van der Waals surface area contributed by atoms with E-state index in [4.69, 9.17) is 0 Å². The average Bonchev–Trinajstić information content (AvgIpc) is 2.72. The predicted octanol–water partition coefficient (Wildman–Crippen LogP) is 4.15. The number of hydrogen-bond acceptors (Lipinski definition) is 3. The molecule has 3 amide bonds. The zero-order valence-corrected chi connectivity index (χ0v) is 17.4. The molecule has 1 N–H and O–H groups in total. The highest BCUT2D eigenvalue weighted by atomic mass is 35.5. The molecule has 0 unspecified atom stereocenters. The van der Waals surface area contributed by atoms with E-state index in [0.29, 0.717) is 19.5 Å². The van der Waals surface area contributed by atoms with Gasteiger partial charge in [0, 0.05) is 45.0 Å². The maximum absolute atomic E-state index is 12.4. The molecule has 1 saturated heterocycles. The number of carbonyl (C=O) groups is 2. The maximum atomic E-state index is 12.4. The Balaban J connectivity index is 0.00000300. The van der Waals surface area contributed by atoms with Crippen LogP contribution in [-0.4, -0.2) is 53.4 Å². The molecule has 0 saturated carbocycles. The van der Waals surface area contributed by atoms with Crippen molar-refractivity contribution < 1.29 is 9.59 Å². The predicted molar refractivity (Wildman–Crippen MR) is 119 cm³/mol. The van der Waals surface area contributed by atoms with Gasteiger partial charge in [0.15, 0.2) is 0 Å². The molecule has 1 aliphatic rings. The largest absolute Gasteiger partial charge is 0.341 e. The van der Waals surface area contributed by atoms with Gasteiger partial charge in [-0.1, -0.05) is 24.3 Å². The molecular formula is C22H27ClN4O2. The molecule has 1 fully saturated rings. The van der Waals surface area contributed by atoms with E-state index in [1.807, 2.05) is 59.5 Å². The lowest BCUT2D eigenvalue weighted by Crippen LogP contribution is -2.42. The van der Waals surface area contributed by atoms with Gasteiger partial charge < -0.3 is 15.1 Å². The number of benzene rings is 1. The van der Waals surface area contributed by atoms with Gasteiger partial charge >= 0.3 is 6.03 Å². The van der Waals surface area contributed by atoms with Gasteiger partial charge in [-0.25, -0.2) is 4.79 Å². The minimum atomic E-state index is -0.185. The lowest BCUT2D eigenvalue weighted by atomic mass is 10.1. The van der Waals surface area contributed by atoms with Gasteiger partial charge in [0.25, 0.3) is 0 Å². The summed E-state index contributed by atoms with van der Waals surface area (Å²) in [4.78, 5) is 32.0. The molecule has 0 aliphatic carbocycles. The second-order valence-electron chi connectivity index (χ2n) is 6.90. The van der Waals surface area contributed by atoms with Gasteiger partial charge in [-0.05, 0) is 48.7 Å². The van der Waals surface area contributed by atoms with Crippen LogP contribution in [0.3, 0.4) is 0 Å². The number of aromatic nitrogens is 1. The fourth-order valence-corrected chi connectivity index (χ4v) is 3.07. The third kappa shape index (κ3) is 6.91. The molecule has 7 heteroatoms. The van der Waals surface area contributed by atoms with E-state index in [0.717, 1.165) is 36.3 Å². The summed E-state index contributed by atoms with van der Waals surface area (Å²) in [6.45, 7) is 1.88. The monoisotopic (exact) mass is 414 g/mol. The Labute approximate surface area is 178 Å². The van der Waals surface area contributed by atoms with E-state index in [1.165, 1.54) is 0 Å². The molecular weight excluding hydrogens is 388 g/mol. The van der Waals surface area contributed by atoms with Crippen LogP contribution in [0.2, 0.25) is 0 Å². The minimum Gasteiger partial charge on any atom is -0.341 e. The second kappa shape index (κ2) is 11.2. The lowest BCUT2D eigenvalue weighted by molar-refractivity contribution is -0.133. The topological polar surface area (TPSA) is 65.5 Å². The van der Waals surface area contributed by atoms with E-state index < -0.39 is 0 Å². The standard InChI is InChI=1S/C22H26N4O2.ClH/c1-25(15-16-26-14-5-3-10-21(26)27)22(28)24-20-9-6-7-18(17-20)11-12-19-8-2-4-13-23-19;/h2,4,6-9,11-13,17H,3,5,10,14-16H2,1H3,(H,24,28);1H/b12-11+;. The normalized spacial score (nSPS) is 13.8. The molecule has 1 aromatic heterocycles. The zero-order chi connectivity index (χ0) is 19.8. The highest BCUT2D eigenvalue weighted by Crippen LogP contribution is 2.14. The number of pyridine rings is 1. The van der Waals surface area contributed by atoms with Crippen molar-refractivity contribution in [3.8, 4) is 0 Å². The van der Waals surface area contributed by atoms with Crippen LogP contribution in [0.15, 0.2) is 48.7 Å². The molecule has 2 heterocycles. The molecule has 6 nitrogen and oxygen atoms in total. The Morgan fingerprint density at radius 3 is 2.83 bits per heavy atom. The number of likely N-dealkylation sites (N-methyl/N-ethyl adjacent to an activating group) is 1. The van der Waals surface area contributed by atoms with E-state index >= 15 is 0 Å². The Kier molecular flexibility index (Phi) is 8.68. The Morgan fingerprint density at radius 2 is 2.07 bits per heavy atom. The molecule has 3 rings (SSSR count). The lowest BCUT2D eigenvalue weighted by Gasteiger charge is -2.28. The first kappa shape index (κ1) is 22.4. The number of amides is 3. The summed E-state index contributed by atoms with van der Waals surface area (Å²) in [5, 5.41) is 2.91. The van der Waals surface area contributed by atoms with Crippen LogP contribution in [0.1, 0.15) is 30.5 Å². The van der Waals surface area contributed by atoms with Crippen LogP contribution in [0.4, 0.5) is 10.5 Å². The van der Waals surface area contributed by atoms with Gasteiger partial charge in [0.2, 0.25) is 5.91 Å². The number of nitrogens with one attached hydrogen (secondary N) is 1. The second-order valence-corrected chi connectivity index (χ2v) is 6.90. The van der Waals surface area contributed by atoms with Gasteiger partial charge in [-0.3, -0.25) is 9.78 Å². The summed E-state index contributed by atoms with van der Waals surface area (Å²) < 4.78 is 0. The van der Waals surface area contributed by atoms with E-state index in [1.54, 1.807) is 18.1 Å². The van der Waals surface area contributed by atoms with Gasteiger partial charge in [-0.2, -0.15) is 0 Å². The number of likely N-dealkylation sites (tertiary alicyclic amines) is 1. The number of piperidine rings is 1. The summed E-state index contributed by atoms with van der Waals surface area (Å²) in [5.41, 5.74) is 2.59. The SMILES string of the molecule is CN(CCN1CCCCC1=O)C(=O)Nc1cccc(/C=C/c2ccccn2)c1.Cl. The average molecular weight is 415 g/mol. The Morgan fingerprint density at radius 1 is 1.21 bits per heavy atom. The first-order valence-electron chi connectivity index (χ1n) is 9.61. The van der Waals surface area contributed by atoms with Gasteiger partial charge in [0.05, 0.1) is 5.69 Å². The van der Waals surface area contributed by atoms with E-state index in [2.05, 4.69) is 10.3 Å². The molecule has 0 bridgehead atoms. The number of anilines is 1. The van der Waals surface area contributed by atoms with Crippen molar-refractivity contribution in [3.63, 3.8) is 0 Å². The number of rotatable bonds is 6. The molecule has 1 aliphatic heterocycles. The molecule has 154 valence electrons. The van der Waals surface area contributed by atoms with Crippen molar-refractivity contribution in [1.82, 2.24) is 14.8 Å². The Bertz CT molecular complexity index is 842. The molecule has 29 heavy (non-hydrogen) atoms. The fourth-order valence-electron chi connectivity index (χ4n) is 3.07. The zero-order valence-electron chi connectivity index (χ0n) is 16.6. The quantitative estimate of drug-likeness (QED) is 0.772. The smallest absolute Gasteiger partial charge is 0.321 e.